The minimum Gasteiger partial charge on any atom is -0.296 e. The van der Waals surface area contributed by atoms with Gasteiger partial charge in [-0.15, -0.1) is 11.3 Å². The number of rotatable bonds is 2. The van der Waals surface area contributed by atoms with Gasteiger partial charge in [0.15, 0.2) is 0 Å². The number of fused-ring (bicyclic) bond motifs is 1. The number of thiophene rings is 1. The molecule has 0 aromatic carbocycles. The van der Waals surface area contributed by atoms with Gasteiger partial charge in [-0.25, -0.2) is 0 Å². The van der Waals surface area contributed by atoms with Gasteiger partial charge < -0.3 is 0 Å². The largest absolute Gasteiger partial charge is 0.296 e. The predicted molar refractivity (Wildman–Crippen MR) is 58.3 cm³/mol. The lowest BCUT2D eigenvalue weighted by molar-refractivity contribution is 0.192. The van der Waals surface area contributed by atoms with E-state index in [1.54, 1.807) is 10.4 Å². The molecule has 2 rings (SSSR count). The molecule has 13 heavy (non-hydrogen) atoms. The summed E-state index contributed by atoms with van der Waals surface area (Å²) in [6.45, 7) is 7.00. The SMILES string of the molecule is CCC1c2ccsc2CCN1CC. The molecular weight excluding hydrogens is 178 g/mol. The van der Waals surface area contributed by atoms with E-state index in [4.69, 9.17) is 0 Å². The van der Waals surface area contributed by atoms with Gasteiger partial charge >= 0.3 is 0 Å². The van der Waals surface area contributed by atoms with Crippen molar-refractivity contribution in [3.05, 3.63) is 21.9 Å². The molecule has 0 N–H and O–H groups in total. The van der Waals surface area contributed by atoms with Crippen LogP contribution in [0.5, 0.6) is 0 Å². The van der Waals surface area contributed by atoms with Gasteiger partial charge in [-0.1, -0.05) is 13.8 Å². The normalized spacial score (nSPS) is 23.1. The van der Waals surface area contributed by atoms with Gasteiger partial charge in [-0.05, 0) is 36.4 Å². The van der Waals surface area contributed by atoms with E-state index in [0.29, 0.717) is 6.04 Å². The van der Waals surface area contributed by atoms with Crippen LogP contribution in [0.15, 0.2) is 11.4 Å². The lowest BCUT2D eigenvalue weighted by Gasteiger charge is -2.34. The summed E-state index contributed by atoms with van der Waals surface area (Å²) < 4.78 is 0. The monoisotopic (exact) mass is 195 g/mol. The minimum absolute atomic E-state index is 0.694. The summed E-state index contributed by atoms with van der Waals surface area (Å²) in [5, 5.41) is 2.24. The van der Waals surface area contributed by atoms with Crippen LogP contribution in [0, 0.1) is 0 Å². The van der Waals surface area contributed by atoms with E-state index < -0.39 is 0 Å². The fourth-order valence-electron chi connectivity index (χ4n) is 2.30. The van der Waals surface area contributed by atoms with E-state index >= 15 is 0 Å². The molecule has 72 valence electrons. The van der Waals surface area contributed by atoms with Gasteiger partial charge in [0.05, 0.1) is 0 Å². The Kier molecular flexibility index (Phi) is 2.70. The molecule has 0 saturated carbocycles. The fourth-order valence-corrected chi connectivity index (χ4v) is 3.23. The first-order chi connectivity index (χ1) is 6.36. The topological polar surface area (TPSA) is 3.24 Å². The van der Waals surface area contributed by atoms with Crippen LogP contribution in [-0.2, 0) is 6.42 Å². The first-order valence-corrected chi connectivity index (χ1v) is 6.05. The first kappa shape index (κ1) is 9.22. The van der Waals surface area contributed by atoms with Crippen LogP contribution < -0.4 is 0 Å². The summed E-state index contributed by atoms with van der Waals surface area (Å²) in [6.07, 6.45) is 2.51. The molecule has 1 aromatic heterocycles. The average molecular weight is 195 g/mol. The Morgan fingerprint density at radius 3 is 3.08 bits per heavy atom. The summed E-state index contributed by atoms with van der Waals surface area (Å²) in [7, 11) is 0. The summed E-state index contributed by atoms with van der Waals surface area (Å²) in [5.41, 5.74) is 1.60. The molecule has 1 unspecified atom stereocenters. The van der Waals surface area contributed by atoms with Crippen molar-refractivity contribution in [2.24, 2.45) is 0 Å². The van der Waals surface area contributed by atoms with Crippen molar-refractivity contribution < 1.29 is 0 Å². The number of likely N-dealkylation sites (N-methyl/N-ethyl adjacent to an activating group) is 1. The Morgan fingerprint density at radius 2 is 2.38 bits per heavy atom. The molecule has 0 fully saturated rings. The van der Waals surface area contributed by atoms with Crippen LogP contribution in [0.2, 0.25) is 0 Å². The molecule has 0 spiro atoms. The zero-order chi connectivity index (χ0) is 9.26. The molecule has 1 nitrogen and oxygen atoms in total. The van der Waals surface area contributed by atoms with Gasteiger partial charge in [0.2, 0.25) is 0 Å². The fraction of sp³-hybridized carbons (Fsp3) is 0.636. The maximum atomic E-state index is 2.59. The highest BCUT2D eigenvalue weighted by molar-refractivity contribution is 7.10. The van der Waals surface area contributed by atoms with Crippen molar-refractivity contribution in [1.82, 2.24) is 4.90 Å². The van der Waals surface area contributed by atoms with E-state index in [0.717, 1.165) is 0 Å². The Bertz CT molecular complexity index is 279. The van der Waals surface area contributed by atoms with E-state index in [1.807, 2.05) is 11.3 Å². The Hall–Kier alpha value is -0.340. The van der Waals surface area contributed by atoms with Crippen molar-refractivity contribution in [3.8, 4) is 0 Å². The van der Waals surface area contributed by atoms with E-state index in [2.05, 4.69) is 30.2 Å². The molecule has 0 bridgehead atoms. The standard InChI is InChI=1S/C11H17NS/c1-3-10-9-6-8-13-11(9)5-7-12(10)4-2/h6,8,10H,3-5,7H2,1-2H3. The van der Waals surface area contributed by atoms with Crippen LogP contribution in [0.25, 0.3) is 0 Å². The summed E-state index contributed by atoms with van der Waals surface area (Å²) in [5.74, 6) is 0. The maximum Gasteiger partial charge on any atom is 0.0356 e. The van der Waals surface area contributed by atoms with Crippen LogP contribution in [-0.4, -0.2) is 18.0 Å². The molecule has 1 aliphatic rings. The second-order valence-electron chi connectivity index (χ2n) is 3.60. The zero-order valence-corrected chi connectivity index (χ0v) is 9.23. The van der Waals surface area contributed by atoms with Gasteiger partial charge in [0, 0.05) is 17.5 Å². The third kappa shape index (κ3) is 1.53. The first-order valence-electron chi connectivity index (χ1n) is 5.17. The van der Waals surface area contributed by atoms with Gasteiger partial charge in [-0.3, -0.25) is 4.90 Å². The van der Waals surface area contributed by atoms with Gasteiger partial charge in [-0.2, -0.15) is 0 Å². The van der Waals surface area contributed by atoms with Crippen LogP contribution in [0.3, 0.4) is 0 Å². The second kappa shape index (κ2) is 3.81. The molecule has 0 amide bonds. The molecule has 0 saturated heterocycles. The molecule has 0 radical (unpaired) electrons. The smallest absolute Gasteiger partial charge is 0.0356 e. The van der Waals surface area contributed by atoms with E-state index in [1.165, 1.54) is 25.9 Å². The van der Waals surface area contributed by atoms with Crippen LogP contribution in [0.1, 0.15) is 36.8 Å². The molecule has 1 aromatic rings. The average Bonchev–Trinajstić information content (AvgIpc) is 2.63. The predicted octanol–water partition coefficient (Wildman–Crippen LogP) is 3.08. The Balaban J connectivity index is 2.29. The van der Waals surface area contributed by atoms with E-state index in [9.17, 15) is 0 Å². The number of hydrogen-bond acceptors (Lipinski definition) is 2. The summed E-state index contributed by atoms with van der Waals surface area (Å²) in [6, 6.07) is 3.01. The van der Waals surface area contributed by atoms with Gasteiger partial charge in [0.1, 0.15) is 0 Å². The molecule has 0 aliphatic carbocycles. The summed E-state index contributed by atoms with van der Waals surface area (Å²) >= 11 is 1.93. The van der Waals surface area contributed by atoms with Crippen molar-refractivity contribution in [2.75, 3.05) is 13.1 Å². The number of hydrogen-bond donors (Lipinski definition) is 0. The van der Waals surface area contributed by atoms with Crippen LogP contribution >= 0.6 is 11.3 Å². The van der Waals surface area contributed by atoms with Crippen molar-refractivity contribution in [2.45, 2.75) is 32.7 Å². The quantitative estimate of drug-likeness (QED) is 0.701. The highest BCUT2D eigenvalue weighted by Gasteiger charge is 2.25. The lowest BCUT2D eigenvalue weighted by Crippen LogP contribution is -2.34. The molecule has 2 heterocycles. The number of nitrogens with zero attached hydrogens (tertiary/aromatic N) is 1. The van der Waals surface area contributed by atoms with Crippen molar-refractivity contribution in [1.29, 1.82) is 0 Å². The molecule has 2 heteroatoms. The molecule has 1 atom stereocenters. The van der Waals surface area contributed by atoms with Gasteiger partial charge in [0.25, 0.3) is 0 Å². The van der Waals surface area contributed by atoms with Crippen molar-refractivity contribution >= 4 is 11.3 Å². The zero-order valence-electron chi connectivity index (χ0n) is 8.42. The minimum atomic E-state index is 0.694. The highest BCUT2D eigenvalue weighted by atomic mass is 32.1. The van der Waals surface area contributed by atoms with E-state index in [-0.39, 0.29) is 0 Å². The van der Waals surface area contributed by atoms with Crippen LogP contribution in [0.4, 0.5) is 0 Å². The third-order valence-electron chi connectivity index (χ3n) is 3.00. The third-order valence-corrected chi connectivity index (χ3v) is 4.00. The Labute approximate surface area is 84.4 Å². The Morgan fingerprint density at radius 1 is 1.54 bits per heavy atom. The molecular formula is C11H17NS. The lowest BCUT2D eigenvalue weighted by atomic mass is 9.98. The second-order valence-corrected chi connectivity index (χ2v) is 4.60. The molecule has 1 aliphatic heterocycles. The maximum absolute atomic E-state index is 2.59. The van der Waals surface area contributed by atoms with Crippen molar-refractivity contribution in [3.63, 3.8) is 0 Å². The summed E-state index contributed by atoms with van der Waals surface area (Å²) in [4.78, 5) is 4.21. The highest BCUT2D eigenvalue weighted by Crippen LogP contribution is 2.34.